The fraction of sp³-hybridized carbons (Fsp3) is 0.533. The van der Waals surface area contributed by atoms with E-state index < -0.39 is 10.0 Å². The minimum Gasteiger partial charge on any atom is -0.342 e. The first kappa shape index (κ1) is 19.9. The monoisotopic (exact) mass is 361 g/mol. The van der Waals surface area contributed by atoms with Gasteiger partial charge in [0.1, 0.15) is 4.90 Å². The lowest BCUT2D eigenvalue weighted by Gasteiger charge is -2.22. The van der Waals surface area contributed by atoms with Crippen LogP contribution >= 0.6 is 11.6 Å². The Morgan fingerprint density at radius 1 is 1.17 bits per heavy atom. The topological polar surface area (TPSA) is 69.7 Å². The molecule has 6 nitrogen and oxygen atoms in total. The summed E-state index contributed by atoms with van der Waals surface area (Å²) in [7, 11) is 0.262. The highest BCUT2D eigenvalue weighted by atomic mass is 35.5. The van der Waals surface area contributed by atoms with Crippen LogP contribution in [0.25, 0.3) is 0 Å². The molecule has 0 saturated heterocycles. The molecule has 0 bridgehead atoms. The Morgan fingerprint density at radius 2 is 1.83 bits per heavy atom. The molecular formula is C15H24ClN3O3S. The van der Waals surface area contributed by atoms with Gasteiger partial charge in [-0.15, -0.1) is 0 Å². The van der Waals surface area contributed by atoms with E-state index in [4.69, 9.17) is 11.6 Å². The van der Waals surface area contributed by atoms with E-state index in [1.54, 1.807) is 17.0 Å². The van der Waals surface area contributed by atoms with Gasteiger partial charge >= 0.3 is 0 Å². The number of nitrogens with one attached hydrogen (secondary N) is 1. The highest BCUT2D eigenvalue weighted by Crippen LogP contribution is 2.19. The Balaban J connectivity index is 2.55. The zero-order valence-electron chi connectivity index (χ0n) is 13.8. The van der Waals surface area contributed by atoms with Gasteiger partial charge in [0.25, 0.3) is 0 Å². The number of sulfonamides is 1. The van der Waals surface area contributed by atoms with Gasteiger partial charge in [0, 0.05) is 26.6 Å². The van der Waals surface area contributed by atoms with Crippen molar-refractivity contribution < 1.29 is 13.2 Å². The summed E-state index contributed by atoms with van der Waals surface area (Å²) in [5, 5.41) is 0.175. The predicted octanol–water partition coefficient (Wildman–Crippen LogP) is 1.42. The van der Waals surface area contributed by atoms with Crippen molar-refractivity contribution in [3.05, 3.63) is 29.3 Å². The number of hydrogen-bond donors (Lipinski definition) is 1. The molecule has 1 rings (SSSR count). The van der Waals surface area contributed by atoms with Gasteiger partial charge in [-0.3, -0.25) is 4.79 Å². The molecule has 0 spiro atoms. The molecule has 8 heteroatoms. The molecule has 1 N–H and O–H groups in total. The van der Waals surface area contributed by atoms with Crippen molar-refractivity contribution in [3.63, 3.8) is 0 Å². The van der Waals surface area contributed by atoms with Crippen molar-refractivity contribution in [2.75, 3.05) is 40.3 Å². The van der Waals surface area contributed by atoms with Gasteiger partial charge in [0.05, 0.1) is 5.02 Å². The maximum atomic E-state index is 12.2. The van der Waals surface area contributed by atoms with E-state index in [1.165, 1.54) is 19.1 Å². The lowest BCUT2D eigenvalue weighted by Crippen LogP contribution is -2.38. The summed E-state index contributed by atoms with van der Waals surface area (Å²) in [4.78, 5) is 15.3. The lowest BCUT2D eigenvalue weighted by molar-refractivity contribution is -0.128. The molecular weight excluding hydrogens is 338 g/mol. The second-order valence-electron chi connectivity index (χ2n) is 5.49. The molecule has 130 valence electrons. The highest BCUT2D eigenvalue weighted by Gasteiger charge is 2.17. The maximum absolute atomic E-state index is 12.2. The molecule has 1 amide bonds. The normalized spacial score (nSPS) is 11.7. The third-order valence-corrected chi connectivity index (χ3v) is 5.24. The van der Waals surface area contributed by atoms with Gasteiger partial charge in [-0.1, -0.05) is 23.7 Å². The van der Waals surface area contributed by atoms with Gasteiger partial charge in [-0.05, 0) is 39.2 Å². The fourth-order valence-corrected chi connectivity index (χ4v) is 3.60. The minimum atomic E-state index is -3.67. The summed E-state index contributed by atoms with van der Waals surface area (Å²) in [6.07, 6.45) is 0.837. The van der Waals surface area contributed by atoms with Crippen molar-refractivity contribution in [2.24, 2.45) is 0 Å². The van der Waals surface area contributed by atoms with Crippen molar-refractivity contribution >= 4 is 27.5 Å². The van der Waals surface area contributed by atoms with Crippen LogP contribution in [0.2, 0.25) is 5.02 Å². The van der Waals surface area contributed by atoms with Crippen LogP contribution in [0.3, 0.4) is 0 Å². The quantitative estimate of drug-likeness (QED) is 0.722. The lowest BCUT2D eigenvalue weighted by atomic mass is 10.3. The number of nitrogens with zero attached hydrogens (tertiary/aromatic N) is 2. The molecule has 0 radical (unpaired) electrons. The molecule has 0 saturated carbocycles. The summed E-state index contributed by atoms with van der Waals surface area (Å²) < 4.78 is 26.9. The standard InChI is InChI=1S/C15H24ClN3O3S/c1-13(20)19(11-6-10-18(2)3)12-9-17-23(21,22)15-8-5-4-7-14(15)16/h4-5,7-8,17H,6,9-12H2,1-3H3. The van der Waals surface area contributed by atoms with E-state index >= 15 is 0 Å². The van der Waals surface area contributed by atoms with Crippen LogP contribution in [-0.2, 0) is 14.8 Å². The SMILES string of the molecule is CC(=O)N(CCCN(C)C)CCNS(=O)(=O)c1ccccc1Cl. The van der Waals surface area contributed by atoms with Crippen molar-refractivity contribution in [1.29, 1.82) is 0 Å². The molecule has 0 heterocycles. The third-order valence-electron chi connectivity index (χ3n) is 3.28. The maximum Gasteiger partial charge on any atom is 0.242 e. The van der Waals surface area contributed by atoms with E-state index in [9.17, 15) is 13.2 Å². The number of hydrogen-bond acceptors (Lipinski definition) is 4. The van der Waals surface area contributed by atoms with Gasteiger partial charge in [0.2, 0.25) is 15.9 Å². The first-order valence-electron chi connectivity index (χ1n) is 7.38. The van der Waals surface area contributed by atoms with Crippen molar-refractivity contribution in [1.82, 2.24) is 14.5 Å². The van der Waals surface area contributed by atoms with Crippen molar-refractivity contribution in [2.45, 2.75) is 18.2 Å². The third kappa shape index (κ3) is 6.87. The summed E-state index contributed by atoms with van der Waals surface area (Å²) in [5.41, 5.74) is 0. The molecule has 0 aliphatic rings. The first-order chi connectivity index (χ1) is 10.7. The zero-order valence-corrected chi connectivity index (χ0v) is 15.3. The van der Waals surface area contributed by atoms with Crippen LogP contribution in [-0.4, -0.2) is 64.4 Å². The summed E-state index contributed by atoms with van der Waals surface area (Å²) in [6.45, 7) is 3.43. The minimum absolute atomic E-state index is 0.0450. The average molecular weight is 362 g/mol. The van der Waals surface area contributed by atoms with E-state index in [0.29, 0.717) is 13.1 Å². The molecule has 0 aliphatic heterocycles. The Morgan fingerprint density at radius 3 is 2.39 bits per heavy atom. The summed E-state index contributed by atoms with van der Waals surface area (Å²) in [5.74, 6) is -0.0688. The van der Waals surface area contributed by atoms with Crippen LogP contribution in [0.5, 0.6) is 0 Å². The second-order valence-corrected chi connectivity index (χ2v) is 7.63. The largest absolute Gasteiger partial charge is 0.342 e. The summed E-state index contributed by atoms with van der Waals surface area (Å²) in [6, 6.07) is 6.26. The molecule has 0 fully saturated rings. The average Bonchev–Trinajstić information content (AvgIpc) is 2.45. The van der Waals surface area contributed by atoms with Gasteiger partial charge in [-0.25, -0.2) is 13.1 Å². The van der Waals surface area contributed by atoms with Crippen LogP contribution in [0.15, 0.2) is 29.2 Å². The number of halogens is 1. The fourth-order valence-electron chi connectivity index (χ4n) is 2.06. The molecule has 0 aromatic heterocycles. The molecule has 0 atom stereocenters. The molecule has 1 aromatic carbocycles. The number of rotatable bonds is 9. The van der Waals surface area contributed by atoms with Gasteiger partial charge < -0.3 is 9.80 Å². The number of carbonyl (C=O) groups is 1. The highest BCUT2D eigenvalue weighted by molar-refractivity contribution is 7.89. The van der Waals surface area contributed by atoms with E-state index in [2.05, 4.69) is 4.72 Å². The Kier molecular flexibility index (Phi) is 7.98. The van der Waals surface area contributed by atoms with Crippen LogP contribution in [0.1, 0.15) is 13.3 Å². The Labute approximate surface area is 143 Å². The molecule has 23 heavy (non-hydrogen) atoms. The number of carbonyl (C=O) groups excluding carboxylic acids is 1. The second kappa shape index (κ2) is 9.22. The van der Waals surface area contributed by atoms with Crippen molar-refractivity contribution in [3.8, 4) is 0 Å². The van der Waals surface area contributed by atoms with Crippen LogP contribution in [0, 0.1) is 0 Å². The van der Waals surface area contributed by atoms with Gasteiger partial charge in [0.15, 0.2) is 0 Å². The van der Waals surface area contributed by atoms with E-state index in [1.807, 2.05) is 19.0 Å². The number of benzene rings is 1. The Bertz CT molecular complexity index is 620. The number of amides is 1. The Hall–Kier alpha value is -1.15. The first-order valence-corrected chi connectivity index (χ1v) is 9.24. The molecule has 0 aliphatic carbocycles. The molecule has 1 aromatic rings. The van der Waals surface area contributed by atoms with Gasteiger partial charge in [-0.2, -0.15) is 0 Å². The summed E-state index contributed by atoms with van der Waals surface area (Å²) >= 11 is 5.91. The predicted molar refractivity (Wildman–Crippen MR) is 92.1 cm³/mol. The van der Waals surface area contributed by atoms with E-state index in [-0.39, 0.29) is 22.4 Å². The molecule has 0 unspecified atom stereocenters. The smallest absolute Gasteiger partial charge is 0.242 e. The van der Waals surface area contributed by atoms with E-state index in [0.717, 1.165) is 13.0 Å². The van der Waals surface area contributed by atoms with Crippen LogP contribution < -0.4 is 4.72 Å². The zero-order chi connectivity index (χ0) is 17.5. The van der Waals surface area contributed by atoms with Crippen LogP contribution in [0.4, 0.5) is 0 Å².